The van der Waals surface area contributed by atoms with Crippen molar-refractivity contribution in [3.8, 4) is 0 Å². The predicted octanol–water partition coefficient (Wildman–Crippen LogP) is 2.30. The van der Waals surface area contributed by atoms with Gasteiger partial charge in [0, 0.05) is 0 Å². The van der Waals surface area contributed by atoms with Gasteiger partial charge in [0.05, 0.1) is 6.10 Å². The topological polar surface area (TPSA) is 20.2 Å². The van der Waals surface area contributed by atoms with Crippen LogP contribution in [0.3, 0.4) is 0 Å². The van der Waals surface area contributed by atoms with Crippen LogP contribution in [0.5, 0.6) is 0 Å². The SMILES string of the molecule is CC(O)C1CC2CC1C(C)C2C. The number of rotatable bonds is 1. The Morgan fingerprint density at radius 2 is 1.83 bits per heavy atom. The molecule has 1 N–H and O–H groups in total. The van der Waals surface area contributed by atoms with Gasteiger partial charge in [-0.05, 0) is 49.4 Å². The molecule has 6 unspecified atom stereocenters. The summed E-state index contributed by atoms with van der Waals surface area (Å²) < 4.78 is 0. The summed E-state index contributed by atoms with van der Waals surface area (Å²) in [7, 11) is 0. The third-order valence-electron chi connectivity index (χ3n) is 4.57. The van der Waals surface area contributed by atoms with E-state index < -0.39 is 0 Å². The van der Waals surface area contributed by atoms with Gasteiger partial charge in [-0.15, -0.1) is 0 Å². The van der Waals surface area contributed by atoms with Crippen molar-refractivity contribution in [3.05, 3.63) is 0 Å². The number of aliphatic hydroxyl groups is 1. The molecule has 1 nitrogen and oxygen atoms in total. The van der Waals surface area contributed by atoms with E-state index in [0.717, 1.165) is 23.7 Å². The fourth-order valence-electron chi connectivity index (χ4n) is 3.55. The minimum absolute atomic E-state index is 0.0741. The molecule has 0 radical (unpaired) electrons. The summed E-state index contributed by atoms with van der Waals surface area (Å²) in [5, 5.41) is 9.58. The molecule has 0 heterocycles. The van der Waals surface area contributed by atoms with Crippen LogP contribution in [0.2, 0.25) is 0 Å². The Morgan fingerprint density at radius 3 is 2.25 bits per heavy atom. The molecule has 0 aromatic rings. The van der Waals surface area contributed by atoms with Gasteiger partial charge in [-0.3, -0.25) is 0 Å². The lowest BCUT2D eigenvalue weighted by molar-refractivity contribution is 0.0575. The van der Waals surface area contributed by atoms with Crippen LogP contribution in [-0.4, -0.2) is 11.2 Å². The van der Waals surface area contributed by atoms with Gasteiger partial charge in [-0.2, -0.15) is 0 Å². The molecule has 12 heavy (non-hydrogen) atoms. The first-order valence-corrected chi connectivity index (χ1v) is 5.29. The smallest absolute Gasteiger partial charge is 0.0543 e. The molecule has 0 aromatic heterocycles. The zero-order valence-corrected chi connectivity index (χ0v) is 8.33. The summed E-state index contributed by atoms with van der Waals surface area (Å²) in [4.78, 5) is 0. The van der Waals surface area contributed by atoms with Gasteiger partial charge in [0.2, 0.25) is 0 Å². The zero-order valence-electron chi connectivity index (χ0n) is 8.33. The van der Waals surface area contributed by atoms with Gasteiger partial charge < -0.3 is 5.11 Å². The fraction of sp³-hybridized carbons (Fsp3) is 1.00. The van der Waals surface area contributed by atoms with Crippen molar-refractivity contribution in [1.29, 1.82) is 0 Å². The van der Waals surface area contributed by atoms with Crippen LogP contribution in [-0.2, 0) is 0 Å². The number of aliphatic hydroxyl groups excluding tert-OH is 1. The molecule has 2 rings (SSSR count). The monoisotopic (exact) mass is 168 g/mol. The highest BCUT2D eigenvalue weighted by Gasteiger charge is 2.49. The molecule has 2 saturated carbocycles. The van der Waals surface area contributed by atoms with E-state index in [1.165, 1.54) is 12.8 Å². The summed E-state index contributed by atoms with van der Waals surface area (Å²) in [6.45, 7) is 6.71. The summed E-state index contributed by atoms with van der Waals surface area (Å²) >= 11 is 0. The first-order valence-electron chi connectivity index (χ1n) is 5.29. The highest BCUT2D eigenvalue weighted by Crippen LogP contribution is 2.55. The Kier molecular flexibility index (Phi) is 1.95. The van der Waals surface area contributed by atoms with Crippen LogP contribution >= 0.6 is 0 Å². The van der Waals surface area contributed by atoms with E-state index in [1.54, 1.807) is 0 Å². The van der Waals surface area contributed by atoms with Crippen LogP contribution < -0.4 is 0 Å². The van der Waals surface area contributed by atoms with E-state index in [1.807, 2.05) is 6.92 Å². The normalized spacial score (nSPS) is 54.5. The van der Waals surface area contributed by atoms with Crippen molar-refractivity contribution < 1.29 is 5.11 Å². The Morgan fingerprint density at radius 1 is 1.17 bits per heavy atom. The van der Waals surface area contributed by atoms with Crippen molar-refractivity contribution in [2.45, 2.75) is 39.7 Å². The first-order chi connectivity index (χ1) is 5.61. The molecule has 6 atom stereocenters. The number of hydrogen-bond acceptors (Lipinski definition) is 1. The van der Waals surface area contributed by atoms with Crippen LogP contribution in [0.1, 0.15) is 33.6 Å². The van der Waals surface area contributed by atoms with Crippen LogP contribution in [0.15, 0.2) is 0 Å². The standard InChI is InChI=1S/C11H20O/c1-6-7(2)10-4-9(6)5-11(10)8(3)12/h6-12H,4-5H2,1-3H3. The van der Waals surface area contributed by atoms with Gasteiger partial charge >= 0.3 is 0 Å². The largest absolute Gasteiger partial charge is 0.393 e. The zero-order chi connectivity index (χ0) is 8.88. The maximum atomic E-state index is 9.58. The van der Waals surface area contributed by atoms with Gasteiger partial charge in [-0.25, -0.2) is 0 Å². The van der Waals surface area contributed by atoms with Crippen LogP contribution in [0.4, 0.5) is 0 Å². The molecule has 2 fully saturated rings. The first kappa shape index (κ1) is 8.55. The molecule has 1 heteroatoms. The molecule has 0 aromatic carbocycles. The molecule has 0 amide bonds. The molecule has 70 valence electrons. The van der Waals surface area contributed by atoms with E-state index in [2.05, 4.69) is 13.8 Å². The molecule has 2 aliphatic carbocycles. The molecular formula is C11H20O. The maximum absolute atomic E-state index is 9.58. The van der Waals surface area contributed by atoms with Gasteiger partial charge in [0.25, 0.3) is 0 Å². The molecule has 0 saturated heterocycles. The molecule has 2 bridgehead atoms. The second kappa shape index (κ2) is 2.73. The Labute approximate surface area is 75.2 Å². The minimum Gasteiger partial charge on any atom is -0.393 e. The lowest BCUT2D eigenvalue weighted by atomic mass is 9.74. The summed E-state index contributed by atoms with van der Waals surface area (Å²) in [5.41, 5.74) is 0. The quantitative estimate of drug-likeness (QED) is 0.637. The van der Waals surface area contributed by atoms with Crippen molar-refractivity contribution in [2.24, 2.45) is 29.6 Å². The van der Waals surface area contributed by atoms with Crippen molar-refractivity contribution in [3.63, 3.8) is 0 Å². The van der Waals surface area contributed by atoms with Gasteiger partial charge in [0.15, 0.2) is 0 Å². The lowest BCUT2D eigenvalue weighted by Gasteiger charge is -2.33. The average Bonchev–Trinajstić information content (AvgIpc) is 2.53. The molecule has 2 aliphatic rings. The van der Waals surface area contributed by atoms with E-state index in [0.29, 0.717) is 5.92 Å². The highest BCUT2D eigenvalue weighted by molar-refractivity contribution is 4.98. The molecule has 0 spiro atoms. The average molecular weight is 168 g/mol. The Bertz CT molecular complexity index is 174. The van der Waals surface area contributed by atoms with Crippen molar-refractivity contribution in [2.75, 3.05) is 0 Å². The van der Waals surface area contributed by atoms with Crippen molar-refractivity contribution in [1.82, 2.24) is 0 Å². The lowest BCUT2D eigenvalue weighted by Crippen LogP contribution is -2.30. The second-order valence-corrected chi connectivity index (χ2v) is 5.02. The van der Waals surface area contributed by atoms with E-state index in [4.69, 9.17) is 0 Å². The molecule has 0 aliphatic heterocycles. The van der Waals surface area contributed by atoms with Crippen molar-refractivity contribution >= 4 is 0 Å². The van der Waals surface area contributed by atoms with Gasteiger partial charge in [0.1, 0.15) is 0 Å². The van der Waals surface area contributed by atoms with E-state index in [9.17, 15) is 5.11 Å². The molecular weight excluding hydrogens is 148 g/mol. The Hall–Kier alpha value is -0.0400. The maximum Gasteiger partial charge on any atom is 0.0543 e. The second-order valence-electron chi connectivity index (χ2n) is 5.02. The van der Waals surface area contributed by atoms with E-state index in [-0.39, 0.29) is 6.10 Å². The summed E-state index contributed by atoms with van der Waals surface area (Å²) in [5.74, 6) is 4.11. The summed E-state index contributed by atoms with van der Waals surface area (Å²) in [6, 6.07) is 0. The third-order valence-corrected chi connectivity index (χ3v) is 4.57. The number of hydrogen-bond donors (Lipinski definition) is 1. The van der Waals surface area contributed by atoms with Crippen LogP contribution in [0, 0.1) is 29.6 Å². The fourth-order valence-corrected chi connectivity index (χ4v) is 3.55. The Balaban J connectivity index is 2.10. The van der Waals surface area contributed by atoms with E-state index >= 15 is 0 Å². The minimum atomic E-state index is -0.0741. The van der Waals surface area contributed by atoms with Gasteiger partial charge in [-0.1, -0.05) is 13.8 Å². The third kappa shape index (κ3) is 1.02. The summed E-state index contributed by atoms with van der Waals surface area (Å²) in [6.07, 6.45) is 2.60. The number of fused-ring (bicyclic) bond motifs is 2. The van der Waals surface area contributed by atoms with Crippen LogP contribution in [0.25, 0.3) is 0 Å². The predicted molar refractivity (Wildman–Crippen MR) is 49.7 cm³/mol. The highest BCUT2D eigenvalue weighted by atomic mass is 16.3.